The van der Waals surface area contributed by atoms with Gasteiger partial charge < -0.3 is 13.7 Å². The fourth-order valence-corrected chi connectivity index (χ4v) is 7.35. The Morgan fingerprint density at radius 2 is 0.943 bits per heavy atom. The number of hydrogen-bond donors (Lipinski definition) is 0. The molecule has 0 atom stereocenters. The molecule has 8 aromatic carbocycles. The molecule has 2 heterocycles. The maximum atomic E-state index is 6.66. The highest BCUT2D eigenvalue weighted by molar-refractivity contribution is 6.19. The highest BCUT2D eigenvalue weighted by Gasteiger charge is 2.22. The van der Waals surface area contributed by atoms with Crippen LogP contribution in [0.4, 0.5) is 17.1 Å². The fourth-order valence-electron chi connectivity index (χ4n) is 7.35. The molecule has 10 aromatic rings. The number of furan rings is 1. The highest BCUT2D eigenvalue weighted by atomic mass is 16.4. The second-order valence-electron chi connectivity index (χ2n) is 13.2. The largest absolute Gasteiger partial charge is 0.456 e. The van der Waals surface area contributed by atoms with Gasteiger partial charge in [-0.05, 0) is 94.5 Å². The van der Waals surface area contributed by atoms with Crippen molar-refractivity contribution in [2.75, 3.05) is 4.90 Å². The van der Waals surface area contributed by atoms with E-state index in [2.05, 4.69) is 150 Å². The normalized spacial score (nSPS) is 11.4. The Morgan fingerprint density at radius 1 is 0.377 bits per heavy atom. The van der Waals surface area contributed by atoms with Crippen LogP contribution in [0.5, 0.6) is 0 Å². The number of hydrogen-bond acceptors (Lipinski definition) is 4. The van der Waals surface area contributed by atoms with Gasteiger partial charge in [-0.3, -0.25) is 0 Å². The van der Waals surface area contributed by atoms with Crippen LogP contribution in [0, 0.1) is 0 Å². The summed E-state index contributed by atoms with van der Waals surface area (Å²) in [4.78, 5) is 7.38. The van der Waals surface area contributed by atoms with Crippen LogP contribution in [0.3, 0.4) is 0 Å². The topological polar surface area (TPSA) is 42.4 Å². The van der Waals surface area contributed by atoms with Crippen LogP contribution in [-0.4, -0.2) is 4.98 Å². The molecule has 250 valence electrons. The zero-order valence-electron chi connectivity index (χ0n) is 28.7. The number of aromatic nitrogens is 1. The first-order chi connectivity index (χ1) is 26.3. The van der Waals surface area contributed by atoms with Crippen LogP contribution in [0.1, 0.15) is 0 Å². The Labute approximate surface area is 306 Å². The zero-order chi connectivity index (χ0) is 35.1. The van der Waals surface area contributed by atoms with Crippen molar-refractivity contribution in [3.63, 3.8) is 0 Å². The van der Waals surface area contributed by atoms with Gasteiger partial charge in [-0.25, -0.2) is 4.98 Å². The van der Waals surface area contributed by atoms with Gasteiger partial charge in [-0.1, -0.05) is 127 Å². The molecule has 0 aliphatic carbocycles. The lowest BCUT2D eigenvalue weighted by Crippen LogP contribution is -2.09. The molecule has 53 heavy (non-hydrogen) atoms. The van der Waals surface area contributed by atoms with Gasteiger partial charge in [0.05, 0.1) is 5.39 Å². The predicted molar refractivity (Wildman–Crippen MR) is 218 cm³/mol. The number of nitrogens with zero attached hydrogens (tertiary/aromatic N) is 2. The lowest BCUT2D eigenvalue weighted by molar-refractivity contribution is 0.620. The molecule has 0 bridgehead atoms. The molecule has 0 saturated heterocycles. The van der Waals surface area contributed by atoms with E-state index >= 15 is 0 Å². The summed E-state index contributed by atoms with van der Waals surface area (Å²) in [6, 6.07) is 67.4. The Balaban J connectivity index is 1.09. The minimum Gasteiger partial charge on any atom is -0.456 e. The Morgan fingerprint density at radius 3 is 1.70 bits per heavy atom. The maximum Gasteiger partial charge on any atom is 0.227 e. The van der Waals surface area contributed by atoms with E-state index in [0.29, 0.717) is 5.89 Å². The lowest BCUT2D eigenvalue weighted by Gasteiger charge is -2.26. The molecule has 0 aliphatic rings. The SMILES string of the molecule is c1ccc(-c2cccc(-c3ccc(N(c4ccccc4)c4cccc(-c5cc6oc7ccccc7c6c6nc(-c7ccccc7)oc56)c4)cc3)c2)cc1. The Hall–Kier alpha value is -7.17. The first-order valence-corrected chi connectivity index (χ1v) is 17.8. The van der Waals surface area contributed by atoms with Crippen molar-refractivity contribution in [1.29, 1.82) is 0 Å². The minimum atomic E-state index is 0.580. The van der Waals surface area contributed by atoms with Gasteiger partial charge in [0.25, 0.3) is 0 Å². The summed E-state index contributed by atoms with van der Waals surface area (Å²) in [5.41, 5.74) is 13.9. The summed E-state index contributed by atoms with van der Waals surface area (Å²) in [6.07, 6.45) is 0. The van der Waals surface area contributed by atoms with Crippen LogP contribution in [0.25, 0.3) is 77.9 Å². The number of para-hydroxylation sites is 2. The van der Waals surface area contributed by atoms with Gasteiger partial charge in [-0.2, -0.15) is 0 Å². The van der Waals surface area contributed by atoms with E-state index in [-0.39, 0.29) is 0 Å². The van der Waals surface area contributed by atoms with Crippen LogP contribution in [-0.2, 0) is 0 Å². The van der Waals surface area contributed by atoms with Crippen LogP contribution >= 0.6 is 0 Å². The van der Waals surface area contributed by atoms with Gasteiger partial charge in [0.15, 0.2) is 5.58 Å². The molecule has 0 N–H and O–H groups in total. The molecule has 0 spiro atoms. The first-order valence-electron chi connectivity index (χ1n) is 17.8. The molecule has 2 aromatic heterocycles. The smallest absolute Gasteiger partial charge is 0.227 e. The number of benzene rings is 8. The number of oxazole rings is 1. The zero-order valence-corrected chi connectivity index (χ0v) is 28.7. The third-order valence-corrected chi connectivity index (χ3v) is 9.89. The van der Waals surface area contributed by atoms with Crippen molar-refractivity contribution in [3.05, 3.63) is 194 Å². The molecule has 4 nitrogen and oxygen atoms in total. The van der Waals surface area contributed by atoms with Gasteiger partial charge in [0.2, 0.25) is 5.89 Å². The molecule has 4 heteroatoms. The van der Waals surface area contributed by atoms with E-state index in [1.165, 1.54) is 16.7 Å². The van der Waals surface area contributed by atoms with Crippen LogP contribution < -0.4 is 4.90 Å². The third-order valence-electron chi connectivity index (χ3n) is 9.89. The quantitative estimate of drug-likeness (QED) is 0.168. The average molecular weight is 681 g/mol. The third kappa shape index (κ3) is 5.54. The van der Waals surface area contributed by atoms with Crippen molar-refractivity contribution in [2.24, 2.45) is 0 Å². The summed E-state index contributed by atoms with van der Waals surface area (Å²) >= 11 is 0. The Kier molecular flexibility index (Phi) is 7.43. The van der Waals surface area contributed by atoms with E-state index < -0.39 is 0 Å². The summed E-state index contributed by atoms with van der Waals surface area (Å²) in [7, 11) is 0. The van der Waals surface area contributed by atoms with Gasteiger partial charge in [-0.15, -0.1) is 0 Å². The van der Waals surface area contributed by atoms with Crippen molar-refractivity contribution >= 4 is 50.1 Å². The molecule has 0 unspecified atom stereocenters. The van der Waals surface area contributed by atoms with E-state index in [1.54, 1.807) is 0 Å². The molecule has 0 fully saturated rings. The second kappa shape index (κ2) is 12.9. The van der Waals surface area contributed by atoms with Crippen molar-refractivity contribution in [3.8, 4) is 44.8 Å². The lowest BCUT2D eigenvalue weighted by atomic mass is 9.98. The van der Waals surface area contributed by atoms with Crippen LogP contribution in [0.15, 0.2) is 203 Å². The van der Waals surface area contributed by atoms with E-state index in [1.807, 2.05) is 48.5 Å². The minimum absolute atomic E-state index is 0.580. The fraction of sp³-hybridized carbons (Fsp3) is 0. The first kappa shape index (κ1) is 30.6. The van der Waals surface area contributed by atoms with Gasteiger partial charge >= 0.3 is 0 Å². The van der Waals surface area contributed by atoms with E-state index in [9.17, 15) is 0 Å². The van der Waals surface area contributed by atoms with Gasteiger partial charge in [0, 0.05) is 33.6 Å². The number of anilines is 3. The monoisotopic (exact) mass is 680 g/mol. The molecule has 0 saturated carbocycles. The van der Waals surface area contributed by atoms with Crippen molar-refractivity contribution < 1.29 is 8.83 Å². The molecular formula is C49H32N2O2. The summed E-state index contributed by atoms with van der Waals surface area (Å²) < 4.78 is 13.1. The summed E-state index contributed by atoms with van der Waals surface area (Å²) in [6.45, 7) is 0. The summed E-state index contributed by atoms with van der Waals surface area (Å²) in [5, 5.41) is 1.98. The number of rotatable bonds is 7. The molecule has 0 radical (unpaired) electrons. The molecular weight excluding hydrogens is 649 g/mol. The van der Waals surface area contributed by atoms with E-state index in [4.69, 9.17) is 13.8 Å². The van der Waals surface area contributed by atoms with E-state index in [0.717, 1.165) is 72.4 Å². The second-order valence-corrected chi connectivity index (χ2v) is 13.2. The van der Waals surface area contributed by atoms with Crippen molar-refractivity contribution in [2.45, 2.75) is 0 Å². The number of fused-ring (bicyclic) bond motifs is 5. The maximum absolute atomic E-state index is 6.66. The molecule has 10 rings (SSSR count). The van der Waals surface area contributed by atoms with Gasteiger partial charge in [0.1, 0.15) is 16.7 Å². The standard InChI is InChI=1S/C49H32N2O2/c1-4-14-33(15-5-1)36-18-12-19-37(30-36)34-26-28-40(29-27-34)51(39-21-8-3-9-22-39)41-23-13-20-38(31-41)43-32-45-46(42-24-10-11-25-44(42)52-45)47-48(43)53-49(50-47)35-16-6-2-7-17-35/h1-32H. The van der Waals surface area contributed by atoms with Crippen molar-refractivity contribution in [1.82, 2.24) is 4.98 Å². The predicted octanol–water partition coefficient (Wildman–Crippen LogP) is 13.9. The average Bonchev–Trinajstić information content (AvgIpc) is 3.84. The molecule has 0 amide bonds. The Bertz CT molecular complexity index is 2870. The highest BCUT2D eigenvalue weighted by Crippen LogP contribution is 2.43. The summed E-state index contributed by atoms with van der Waals surface area (Å²) in [5.74, 6) is 0.580. The van der Waals surface area contributed by atoms with Crippen LogP contribution in [0.2, 0.25) is 0 Å². The molecule has 0 aliphatic heterocycles.